The molecule has 1 aromatic carbocycles. The highest BCUT2D eigenvalue weighted by molar-refractivity contribution is 9.10. The van der Waals surface area contributed by atoms with Crippen molar-refractivity contribution >= 4 is 27.7 Å². The Bertz CT molecular complexity index is 760. The number of carbonyl (C=O) groups excluding carboxylic acids is 2. The summed E-state index contributed by atoms with van der Waals surface area (Å²) in [5.74, 6) is -0.813. The minimum Gasteiger partial charge on any atom is -0.484 e. The van der Waals surface area contributed by atoms with Crippen LogP contribution in [0.3, 0.4) is 0 Å². The lowest BCUT2D eigenvalue weighted by atomic mass is 10.2. The fourth-order valence-corrected chi connectivity index (χ4v) is 2.12. The number of ether oxygens (including phenoxy) is 1. The molecule has 0 unspecified atom stereocenters. The van der Waals surface area contributed by atoms with Crippen molar-refractivity contribution in [1.29, 1.82) is 0 Å². The minimum atomic E-state index is -4.40. The smallest absolute Gasteiger partial charge is 0.422 e. The third-order valence-electron chi connectivity index (χ3n) is 3.02. The third-order valence-corrected chi connectivity index (χ3v) is 3.45. The van der Waals surface area contributed by atoms with Gasteiger partial charge in [-0.3, -0.25) is 9.59 Å². The Hall–Kier alpha value is -2.49. The van der Waals surface area contributed by atoms with E-state index in [0.717, 1.165) is 0 Å². The molecule has 0 saturated heterocycles. The average Bonchev–Trinajstić information content (AvgIpc) is 3.03. The zero-order valence-electron chi connectivity index (χ0n) is 13.2. The first-order chi connectivity index (χ1) is 12.2. The molecule has 2 amide bonds. The number of hydrogen-bond acceptors (Lipinski definition) is 4. The molecule has 0 atom stereocenters. The lowest BCUT2D eigenvalue weighted by Gasteiger charge is -2.10. The number of halogens is 4. The molecule has 0 spiro atoms. The lowest BCUT2D eigenvalue weighted by Crippen LogP contribution is -2.36. The molecule has 0 fully saturated rings. The van der Waals surface area contributed by atoms with E-state index >= 15 is 0 Å². The van der Waals surface area contributed by atoms with Crippen molar-refractivity contribution < 1.29 is 31.9 Å². The largest absolute Gasteiger partial charge is 0.484 e. The van der Waals surface area contributed by atoms with E-state index in [2.05, 4.69) is 31.3 Å². The van der Waals surface area contributed by atoms with Crippen LogP contribution in [0.5, 0.6) is 5.75 Å². The third kappa shape index (κ3) is 6.79. The second kappa shape index (κ2) is 8.75. The van der Waals surface area contributed by atoms with Crippen LogP contribution >= 0.6 is 15.9 Å². The van der Waals surface area contributed by atoms with Crippen LogP contribution in [-0.4, -0.2) is 31.1 Å². The zero-order chi connectivity index (χ0) is 19.2. The number of benzene rings is 1. The summed E-state index contributed by atoms with van der Waals surface area (Å²) in [6.45, 7) is -1.46. The molecule has 140 valence electrons. The topological polar surface area (TPSA) is 80.6 Å². The highest BCUT2D eigenvalue weighted by Crippen LogP contribution is 2.18. The van der Waals surface area contributed by atoms with Gasteiger partial charge in [0.2, 0.25) is 5.91 Å². The molecule has 2 aromatic rings. The normalized spacial score (nSPS) is 11.1. The number of rotatable bonds is 7. The van der Waals surface area contributed by atoms with Gasteiger partial charge in [-0.2, -0.15) is 13.2 Å². The van der Waals surface area contributed by atoms with Crippen LogP contribution < -0.4 is 15.4 Å². The molecular formula is C16H14BrF3N2O4. The Labute approximate surface area is 154 Å². The van der Waals surface area contributed by atoms with Crippen LogP contribution in [0.15, 0.2) is 45.5 Å². The summed E-state index contributed by atoms with van der Waals surface area (Å²) in [6.07, 6.45) is -4.40. The summed E-state index contributed by atoms with van der Waals surface area (Å²) in [5.41, 5.74) is 0.666. The molecule has 1 heterocycles. The van der Waals surface area contributed by atoms with Crippen LogP contribution in [0.25, 0.3) is 0 Å². The number of nitrogens with one attached hydrogen (secondary N) is 2. The van der Waals surface area contributed by atoms with Gasteiger partial charge in [0.05, 0.1) is 6.54 Å². The van der Waals surface area contributed by atoms with Gasteiger partial charge in [-0.05, 0) is 45.8 Å². The van der Waals surface area contributed by atoms with Crippen molar-refractivity contribution in [2.24, 2.45) is 0 Å². The highest BCUT2D eigenvalue weighted by atomic mass is 79.9. The van der Waals surface area contributed by atoms with Crippen LogP contribution in [0.2, 0.25) is 0 Å². The quantitative estimate of drug-likeness (QED) is 0.701. The summed E-state index contributed by atoms with van der Waals surface area (Å²) in [4.78, 5) is 23.4. The van der Waals surface area contributed by atoms with Crippen LogP contribution in [-0.2, 0) is 11.3 Å². The van der Waals surface area contributed by atoms with Crippen LogP contribution in [0, 0.1) is 0 Å². The van der Waals surface area contributed by atoms with Crippen molar-refractivity contribution in [2.75, 3.05) is 13.2 Å². The first kappa shape index (κ1) is 19.8. The average molecular weight is 435 g/mol. The SMILES string of the molecule is O=C(CNC(=O)c1ccc(Br)o1)NCc1ccc(OCC(F)(F)F)cc1. The molecule has 2 N–H and O–H groups in total. The van der Waals surface area contributed by atoms with Crippen molar-refractivity contribution in [2.45, 2.75) is 12.7 Å². The predicted molar refractivity (Wildman–Crippen MR) is 88.6 cm³/mol. The van der Waals surface area contributed by atoms with E-state index in [0.29, 0.717) is 10.2 Å². The van der Waals surface area contributed by atoms with E-state index in [-0.39, 0.29) is 24.6 Å². The molecule has 0 bridgehead atoms. The molecule has 0 radical (unpaired) electrons. The van der Waals surface area contributed by atoms with Gasteiger partial charge < -0.3 is 19.8 Å². The van der Waals surface area contributed by atoms with E-state index in [1.807, 2.05) is 0 Å². The molecule has 6 nitrogen and oxygen atoms in total. The molecule has 0 aliphatic heterocycles. The predicted octanol–water partition coefficient (Wildman–Crippen LogP) is 3.03. The van der Waals surface area contributed by atoms with Gasteiger partial charge in [0, 0.05) is 6.54 Å². The fourth-order valence-electron chi connectivity index (χ4n) is 1.82. The van der Waals surface area contributed by atoms with Gasteiger partial charge in [-0.25, -0.2) is 0 Å². The van der Waals surface area contributed by atoms with Gasteiger partial charge in [-0.1, -0.05) is 12.1 Å². The molecule has 26 heavy (non-hydrogen) atoms. The van der Waals surface area contributed by atoms with Gasteiger partial charge in [0.25, 0.3) is 5.91 Å². The Kier molecular flexibility index (Phi) is 6.67. The Balaban J connectivity index is 1.72. The molecule has 0 saturated carbocycles. The van der Waals surface area contributed by atoms with Crippen molar-refractivity contribution in [1.82, 2.24) is 10.6 Å². The standard InChI is InChI=1S/C16H14BrF3N2O4/c17-13-6-5-12(26-13)15(24)22-8-14(23)21-7-10-1-3-11(4-2-10)25-9-16(18,19)20/h1-6H,7-9H2,(H,21,23)(H,22,24). The maximum Gasteiger partial charge on any atom is 0.422 e. The molecule has 2 rings (SSSR count). The van der Waals surface area contributed by atoms with Crippen molar-refractivity contribution in [3.05, 3.63) is 52.4 Å². The molecule has 10 heteroatoms. The molecule has 1 aromatic heterocycles. The number of carbonyl (C=O) groups is 2. The van der Waals surface area contributed by atoms with Crippen molar-refractivity contribution in [3.8, 4) is 5.75 Å². The Morgan fingerprint density at radius 1 is 1.08 bits per heavy atom. The lowest BCUT2D eigenvalue weighted by molar-refractivity contribution is -0.153. The van der Waals surface area contributed by atoms with Gasteiger partial charge in [0.1, 0.15) is 5.75 Å². The highest BCUT2D eigenvalue weighted by Gasteiger charge is 2.28. The second-order valence-corrected chi connectivity index (χ2v) is 5.89. The summed E-state index contributed by atoms with van der Waals surface area (Å²) < 4.78 is 46.2. The van der Waals surface area contributed by atoms with E-state index < -0.39 is 24.6 Å². The number of amides is 2. The summed E-state index contributed by atoms with van der Waals surface area (Å²) in [6, 6.07) is 8.83. The first-order valence-electron chi connectivity index (χ1n) is 7.32. The van der Waals surface area contributed by atoms with Gasteiger partial charge in [0.15, 0.2) is 17.0 Å². The fraction of sp³-hybridized carbons (Fsp3) is 0.250. The second-order valence-electron chi connectivity index (χ2n) is 5.11. The summed E-state index contributed by atoms with van der Waals surface area (Å²) >= 11 is 3.07. The first-order valence-corrected chi connectivity index (χ1v) is 8.11. The molecule has 0 aliphatic carbocycles. The molecular weight excluding hydrogens is 421 g/mol. The van der Waals surface area contributed by atoms with Gasteiger partial charge in [-0.15, -0.1) is 0 Å². The monoisotopic (exact) mass is 434 g/mol. The Morgan fingerprint density at radius 2 is 1.77 bits per heavy atom. The maximum absolute atomic E-state index is 12.1. The van der Waals surface area contributed by atoms with Crippen LogP contribution in [0.1, 0.15) is 16.1 Å². The van der Waals surface area contributed by atoms with Gasteiger partial charge >= 0.3 is 6.18 Å². The summed E-state index contributed by atoms with van der Waals surface area (Å²) in [5, 5.41) is 4.97. The molecule has 0 aliphatic rings. The van der Waals surface area contributed by atoms with Crippen molar-refractivity contribution in [3.63, 3.8) is 0 Å². The number of hydrogen-bond donors (Lipinski definition) is 2. The van der Waals surface area contributed by atoms with E-state index in [1.54, 1.807) is 6.07 Å². The summed E-state index contributed by atoms with van der Waals surface area (Å²) in [7, 11) is 0. The Morgan fingerprint density at radius 3 is 2.35 bits per heavy atom. The number of furan rings is 1. The number of alkyl halides is 3. The maximum atomic E-state index is 12.1. The van der Waals surface area contributed by atoms with E-state index in [4.69, 9.17) is 4.42 Å². The van der Waals surface area contributed by atoms with E-state index in [9.17, 15) is 22.8 Å². The van der Waals surface area contributed by atoms with Crippen LogP contribution in [0.4, 0.5) is 13.2 Å². The van der Waals surface area contributed by atoms with E-state index in [1.165, 1.54) is 30.3 Å². The minimum absolute atomic E-state index is 0.0686. The zero-order valence-corrected chi connectivity index (χ0v) is 14.8.